The number of aryl methyl sites for hydroxylation is 1. The Morgan fingerprint density at radius 1 is 0.917 bits per heavy atom. The van der Waals surface area contributed by atoms with Gasteiger partial charge in [0.05, 0.1) is 25.1 Å². The van der Waals surface area contributed by atoms with Crippen LogP contribution in [0.1, 0.15) is 85.6 Å². The van der Waals surface area contributed by atoms with Gasteiger partial charge in [-0.15, -0.1) is 0 Å². The average molecular weight is 669 g/mol. The Kier molecular flexibility index (Phi) is 17.8. The molecule has 0 spiro atoms. The first kappa shape index (κ1) is 39.2. The molecule has 2 aromatic carbocycles. The summed E-state index contributed by atoms with van der Waals surface area (Å²) in [5, 5.41) is 13.3. The van der Waals surface area contributed by atoms with Crippen LogP contribution in [0.5, 0.6) is 0 Å². The number of nitrogens with zero attached hydrogens (tertiary/aromatic N) is 2. The summed E-state index contributed by atoms with van der Waals surface area (Å²) < 4.78 is 4.94. The summed E-state index contributed by atoms with van der Waals surface area (Å²) in [5.74, 6) is -4.13. The van der Waals surface area contributed by atoms with E-state index in [1.165, 1.54) is 24.3 Å². The number of hydroxylamine groups is 2. The van der Waals surface area contributed by atoms with Crippen molar-refractivity contribution in [2.24, 2.45) is 16.6 Å². The maximum absolute atomic E-state index is 13.3. The Balaban J connectivity index is 1.99. The first-order valence-electron chi connectivity index (χ1n) is 16.2. The Hall–Kier alpha value is -4.98. The summed E-state index contributed by atoms with van der Waals surface area (Å²) in [6.45, 7) is 6.41. The van der Waals surface area contributed by atoms with Crippen molar-refractivity contribution in [1.29, 1.82) is 0 Å². The fourth-order valence-corrected chi connectivity index (χ4v) is 4.71. The number of carboxylic acid groups (broad SMARTS) is 1. The smallest absolute Gasteiger partial charge is 0.354 e. The second-order valence-electron chi connectivity index (χ2n) is 10.8. The number of amides is 2. The number of hydrazine groups is 1. The minimum atomic E-state index is -1.11. The largest absolute Gasteiger partial charge is 0.481 e. The number of rotatable bonds is 20. The third-order valence-corrected chi connectivity index (χ3v) is 7.22. The molecule has 2 rings (SSSR count). The number of aliphatic carboxylic acids is 1. The number of carboxylic acids is 1. The summed E-state index contributed by atoms with van der Waals surface area (Å²) in [6, 6.07) is 14.6. The second-order valence-corrected chi connectivity index (χ2v) is 10.8. The van der Waals surface area contributed by atoms with Gasteiger partial charge in [-0.1, -0.05) is 30.3 Å². The lowest BCUT2D eigenvalue weighted by molar-refractivity contribution is -0.176. The van der Waals surface area contributed by atoms with Crippen molar-refractivity contribution in [3.63, 3.8) is 0 Å². The number of nitrogens with one attached hydrogen (secondary N) is 3. The van der Waals surface area contributed by atoms with Gasteiger partial charge in [-0.3, -0.25) is 24.8 Å². The number of hydrogen-bond acceptors (Lipinski definition) is 9. The van der Waals surface area contributed by atoms with Crippen LogP contribution in [0.2, 0.25) is 0 Å². The van der Waals surface area contributed by atoms with Gasteiger partial charge in [0, 0.05) is 24.6 Å². The van der Waals surface area contributed by atoms with Crippen molar-refractivity contribution in [2.75, 3.05) is 26.2 Å². The fourth-order valence-electron chi connectivity index (χ4n) is 4.71. The lowest BCUT2D eigenvalue weighted by Gasteiger charge is -2.25. The van der Waals surface area contributed by atoms with Crippen LogP contribution in [-0.4, -0.2) is 78.1 Å². The van der Waals surface area contributed by atoms with Gasteiger partial charge in [0.1, 0.15) is 6.04 Å². The van der Waals surface area contributed by atoms with Crippen LogP contribution in [0.25, 0.3) is 0 Å². The predicted octanol–water partition coefficient (Wildman–Crippen LogP) is 2.98. The zero-order valence-corrected chi connectivity index (χ0v) is 27.9. The molecule has 14 nitrogen and oxygen atoms in total. The molecule has 2 atom stereocenters. The number of guanidine groups is 1. The molecule has 0 saturated carbocycles. The van der Waals surface area contributed by atoms with E-state index in [2.05, 4.69) is 21.2 Å². The highest BCUT2D eigenvalue weighted by molar-refractivity contribution is 5.96. The van der Waals surface area contributed by atoms with Crippen LogP contribution in [0, 0.1) is 5.92 Å². The minimum Gasteiger partial charge on any atom is -0.481 e. The van der Waals surface area contributed by atoms with Crippen LogP contribution in [0.3, 0.4) is 0 Å². The molecule has 2 aromatic rings. The van der Waals surface area contributed by atoms with E-state index in [1.54, 1.807) is 20.8 Å². The van der Waals surface area contributed by atoms with Crippen LogP contribution in [-0.2, 0) is 30.4 Å². The fraction of sp³-hybridized carbons (Fsp3) is 0.471. The zero-order valence-electron chi connectivity index (χ0n) is 27.9. The van der Waals surface area contributed by atoms with E-state index in [0.717, 1.165) is 10.6 Å². The first-order valence-corrected chi connectivity index (χ1v) is 16.2. The maximum Gasteiger partial charge on any atom is 0.354 e. The number of nitrogens with two attached hydrogens (primary N) is 1. The van der Waals surface area contributed by atoms with Gasteiger partial charge in [0.25, 0.3) is 5.91 Å². The number of ether oxygens (including phenoxy) is 1. The normalized spacial score (nSPS) is 12.4. The highest BCUT2D eigenvalue weighted by Crippen LogP contribution is 2.16. The number of carbonyl (C=O) groups excluding carboxylic acids is 4. The van der Waals surface area contributed by atoms with Crippen LogP contribution < -0.4 is 21.9 Å². The van der Waals surface area contributed by atoms with Gasteiger partial charge in [-0.25, -0.2) is 15.0 Å². The Morgan fingerprint density at radius 2 is 1.60 bits per heavy atom. The monoisotopic (exact) mass is 668 g/mol. The van der Waals surface area contributed by atoms with Crippen LogP contribution >= 0.6 is 0 Å². The predicted molar refractivity (Wildman–Crippen MR) is 179 cm³/mol. The summed E-state index contributed by atoms with van der Waals surface area (Å²) in [7, 11) is 0. The highest BCUT2D eigenvalue weighted by Gasteiger charge is 2.29. The van der Waals surface area contributed by atoms with E-state index in [-0.39, 0.29) is 32.0 Å². The third kappa shape index (κ3) is 14.2. The molecular weight excluding hydrogens is 620 g/mol. The standard InChI is InChI=1S/C34H48N6O8/c1-4-36-34(35)40(5-2)48-33(46)28(38-30(43)27(23-29(41)42)16-12-15-24-13-8-7-9-14-24)17-10-11-22-37-39-31(44)25-18-20-26(21-19-25)32(45)47-6-3/h7-9,13-14,18-21,27-28,37H,4-6,10-12,15-17,22-23H2,1-3H3,(H2,35,36)(H,38,43)(H,39,44)(H,41,42)/t27-,28+/m1/s1. The molecule has 0 aliphatic carbocycles. The molecule has 0 saturated heterocycles. The van der Waals surface area contributed by atoms with Crippen molar-refractivity contribution in [3.05, 3.63) is 71.3 Å². The Morgan fingerprint density at radius 3 is 2.23 bits per heavy atom. The second kappa shape index (κ2) is 21.7. The number of carbonyl (C=O) groups is 5. The number of aliphatic imine (C=N–C) groups is 1. The van der Waals surface area contributed by atoms with Gasteiger partial charge in [0.2, 0.25) is 11.9 Å². The number of unbranched alkanes of at least 4 members (excludes halogenated alkanes) is 1. The van der Waals surface area contributed by atoms with E-state index >= 15 is 0 Å². The maximum atomic E-state index is 13.3. The molecule has 0 aliphatic rings. The first-order chi connectivity index (χ1) is 23.1. The summed E-state index contributed by atoms with van der Waals surface area (Å²) >= 11 is 0. The summed E-state index contributed by atoms with van der Waals surface area (Å²) in [6.07, 6.45) is 2.34. The average Bonchev–Trinajstić information content (AvgIpc) is 3.07. The van der Waals surface area contributed by atoms with Gasteiger partial charge >= 0.3 is 17.9 Å². The van der Waals surface area contributed by atoms with E-state index in [9.17, 15) is 29.1 Å². The third-order valence-electron chi connectivity index (χ3n) is 7.22. The molecule has 14 heteroatoms. The summed E-state index contributed by atoms with van der Waals surface area (Å²) in [4.78, 5) is 72.0. The molecular formula is C34H48N6O8. The minimum absolute atomic E-state index is 0.0126. The molecule has 262 valence electrons. The molecule has 0 unspecified atom stereocenters. The molecule has 0 heterocycles. The van der Waals surface area contributed by atoms with Crippen molar-refractivity contribution in [3.8, 4) is 0 Å². The topological polar surface area (TPSA) is 202 Å². The molecule has 48 heavy (non-hydrogen) atoms. The quantitative estimate of drug-likeness (QED) is 0.0457. The number of benzene rings is 2. The molecule has 6 N–H and O–H groups in total. The molecule has 2 amide bonds. The van der Waals surface area contributed by atoms with E-state index < -0.39 is 41.7 Å². The van der Waals surface area contributed by atoms with Crippen molar-refractivity contribution in [2.45, 2.75) is 71.8 Å². The zero-order chi connectivity index (χ0) is 35.3. The van der Waals surface area contributed by atoms with E-state index in [1.807, 2.05) is 30.3 Å². The Bertz CT molecular complexity index is 1350. The summed E-state index contributed by atoms with van der Waals surface area (Å²) in [5.41, 5.74) is 13.1. The molecule has 0 aliphatic heterocycles. The van der Waals surface area contributed by atoms with Gasteiger partial charge in [0.15, 0.2) is 0 Å². The lowest BCUT2D eigenvalue weighted by atomic mass is 9.95. The van der Waals surface area contributed by atoms with Gasteiger partial charge in [-0.2, -0.15) is 5.06 Å². The number of esters is 1. The number of hydrogen-bond donors (Lipinski definition) is 5. The van der Waals surface area contributed by atoms with Crippen molar-refractivity contribution >= 4 is 35.7 Å². The van der Waals surface area contributed by atoms with Crippen molar-refractivity contribution in [1.82, 2.24) is 21.2 Å². The van der Waals surface area contributed by atoms with Crippen molar-refractivity contribution < 1.29 is 38.7 Å². The van der Waals surface area contributed by atoms with Gasteiger partial charge < -0.3 is 25.7 Å². The molecule has 0 aromatic heterocycles. The lowest BCUT2D eigenvalue weighted by Crippen LogP contribution is -2.48. The molecule has 0 bridgehead atoms. The van der Waals surface area contributed by atoms with Crippen LogP contribution in [0.15, 0.2) is 59.6 Å². The van der Waals surface area contributed by atoms with Crippen LogP contribution in [0.4, 0.5) is 0 Å². The SMILES string of the molecule is CCN=C(N)N(CC)OC(=O)[C@H](CCCCNNC(=O)c1ccc(C(=O)OCC)cc1)NC(=O)[C@H](CCCc1ccccc1)CC(=O)O. The highest BCUT2D eigenvalue weighted by atomic mass is 16.7. The van der Waals surface area contributed by atoms with Gasteiger partial charge in [-0.05, 0) is 89.1 Å². The molecule has 0 fully saturated rings. The molecule has 0 radical (unpaired) electrons. The van der Waals surface area contributed by atoms with E-state index in [4.69, 9.17) is 15.3 Å². The Labute approximate surface area is 281 Å². The van der Waals surface area contributed by atoms with E-state index in [0.29, 0.717) is 56.3 Å².